The molecule has 0 radical (unpaired) electrons. The normalized spacial score (nSPS) is 9.20. The van der Waals surface area contributed by atoms with E-state index in [9.17, 15) is 0 Å². The molecule has 0 saturated carbocycles. The van der Waals surface area contributed by atoms with Crippen molar-refractivity contribution < 1.29 is 0 Å². The van der Waals surface area contributed by atoms with Crippen molar-refractivity contribution in [3.8, 4) is 0 Å². The van der Waals surface area contributed by atoms with Gasteiger partial charge in [-0.2, -0.15) is 0 Å². The first-order chi connectivity index (χ1) is 7.36. The second-order valence-electron chi connectivity index (χ2n) is 2.91. The van der Waals surface area contributed by atoms with Gasteiger partial charge in [0.15, 0.2) is 0 Å². The van der Waals surface area contributed by atoms with Crippen LogP contribution in [0.25, 0.3) is 23.1 Å². The van der Waals surface area contributed by atoms with E-state index in [1.54, 1.807) is 0 Å². The summed E-state index contributed by atoms with van der Waals surface area (Å²) < 4.78 is 0. The molecule has 0 unspecified atom stereocenters. The molecule has 0 aliphatic rings. The van der Waals surface area contributed by atoms with Crippen LogP contribution in [0.4, 0.5) is 0 Å². The van der Waals surface area contributed by atoms with E-state index in [-0.39, 0.29) is 0 Å². The fraction of sp³-hybridized carbons (Fsp3) is 0.143. The Labute approximate surface area is 91.1 Å². The lowest BCUT2D eigenvalue weighted by Gasteiger charge is -1.90. The van der Waals surface area contributed by atoms with E-state index < -0.39 is 0 Å². The molecule has 78 valence electrons. The Morgan fingerprint density at radius 3 is 2.33 bits per heavy atom. The lowest BCUT2D eigenvalue weighted by Crippen LogP contribution is -1.72. The Morgan fingerprint density at radius 1 is 1.07 bits per heavy atom. The monoisotopic (exact) mass is 199 g/mol. The maximum Gasteiger partial charge on any atom is 0.0464 e. The molecular formula is C14H17N. The number of hydrogen-bond acceptors (Lipinski definition) is 0. The minimum atomic E-state index is 1.04. The number of nitrogens with one attached hydrogen (secondary N) is 1. The van der Waals surface area contributed by atoms with E-state index in [2.05, 4.69) is 30.3 Å². The third-order valence-corrected chi connectivity index (χ3v) is 2.18. The molecule has 1 N–H and O–H groups in total. The average Bonchev–Trinajstić information content (AvgIpc) is 2.69. The molecule has 1 nitrogen and oxygen atoms in total. The predicted octanol–water partition coefficient (Wildman–Crippen LogP) is 4.48. The van der Waals surface area contributed by atoms with Crippen LogP contribution in [0.2, 0.25) is 0 Å². The van der Waals surface area contributed by atoms with E-state index in [1.165, 1.54) is 5.39 Å². The topological polar surface area (TPSA) is 15.8 Å². The summed E-state index contributed by atoms with van der Waals surface area (Å²) in [6.07, 6.45) is 3.67. The van der Waals surface area contributed by atoms with Gasteiger partial charge in [-0.15, -0.1) is 0 Å². The highest BCUT2D eigenvalue weighted by atomic mass is 14.7. The van der Waals surface area contributed by atoms with Crippen LogP contribution < -0.4 is 0 Å². The van der Waals surface area contributed by atoms with Crippen molar-refractivity contribution in [3.63, 3.8) is 0 Å². The first kappa shape index (κ1) is 11.3. The van der Waals surface area contributed by atoms with Crippen LogP contribution >= 0.6 is 0 Å². The van der Waals surface area contributed by atoms with Crippen LogP contribution in [-0.2, 0) is 0 Å². The minimum absolute atomic E-state index is 1.04. The van der Waals surface area contributed by atoms with Crippen molar-refractivity contribution in [1.82, 2.24) is 4.98 Å². The maximum absolute atomic E-state index is 3.79. The molecule has 0 fully saturated rings. The zero-order valence-electron chi connectivity index (χ0n) is 9.38. The zero-order valence-corrected chi connectivity index (χ0v) is 9.38. The summed E-state index contributed by atoms with van der Waals surface area (Å²) in [5, 5.41) is 1.20. The largest absolute Gasteiger partial charge is 0.355 e. The van der Waals surface area contributed by atoms with Crippen molar-refractivity contribution in [2.45, 2.75) is 13.8 Å². The Hall–Kier alpha value is -1.76. The number of fused-ring (bicyclic) bond motifs is 1. The SMILES string of the molecule is C=Cc1[nH]c2ccccc2c1C=C.CC. The van der Waals surface area contributed by atoms with Crippen molar-refractivity contribution in [1.29, 1.82) is 0 Å². The summed E-state index contributed by atoms with van der Waals surface area (Å²) in [7, 11) is 0. The van der Waals surface area contributed by atoms with Gasteiger partial charge in [-0.3, -0.25) is 0 Å². The molecule has 1 heteroatoms. The third kappa shape index (κ3) is 2.01. The number of hydrogen-bond donors (Lipinski definition) is 1. The first-order valence-electron chi connectivity index (χ1n) is 5.22. The summed E-state index contributed by atoms with van der Waals surface area (Å²) in [4.78, 5) is 3.28. The fourth-order valence-electron chi connectivity index (χ4n) is 1.57. The molecule has 15 heavy (non-hydrogen) atoms. The van der Waals surface area contributed by atoms with Gasteiger partial charge in [0.25, 0.3) is 0 Å². The lowest BCUT2D eigenvalue weighted by atomic mass is 10.1. The van der Waals surface area contributed by atoms with Crippen molar-refractivity contribution in [2.75, 3.05) is 0 Å². The van der Waals surface area contributed by atoms with Crippen LogP contribution in [0.5, 0.6) is 0 Å². The fourth-order valence-corrected chi connectivity index (χ4v) is 1.57. The maximum atomic E-state index is 3.79. The number of H-pyrrole nitrogens is 1. The smallest absolute Gasteiger partial charge is 0.0464 e. The van der Waals surface area contributed by atoms with Gasteiger partial charge in [0, 0.05) is 22.2 Å². The van der Waals surface area contributed by atoms with Gasteiger partial charge in [-0.1, -0.05) is 51.3 Å². The molecule has 0 saturated heterocycles. The van der Waals surface area contributed by atoms with Gasteiger partial charge in [0.05, 0.1) is 0 Å². The van der Waals surface area contributed by atoms with Gasteiger partial charge in [0.1, 0.15) is 0 Å². The third-order valence-electron chi connectivity index (χ3n) is 2.18. The van der Waals surface area contributed by atoms with Crippen LogP contribution in [-0.4, -0.2) is 4.98 Å². The van der Waals surface area contributed by atoms with Gasteiger partial charge in [-0.05, 0) is 12.1 Å². The highest BCUT2D eigenvalue weighted by molar-refractivity contribution is 5.92. The van der Waals surface area contributed by atoms with E-state index >= 15 is 0 Å². The molecule has 2 aromatic rings. The Kier molecular flexibility index (Phi) is 3.92. The standard InChI is InChI=1S/C12H11N.C2H6/c1-3-9-10-7-5-6-8-12(10)13-11(9)4-2;1-2/h3-8,13H,1-2H2;1-2H3. The van der Waals surface area contributed by atoms with E-state index in [0.29, 0.717) is 0 Å². The molecule has 1 aromatic heterocycles. The summed E-state index contributed by atoms with van der Waals surface area (Å²) in [6, 6.07) is 8.17. The molecule has 1 aromatic carbocycles. The van der Waals surface area contributed by atoms with Gasteiger partial charge >= 0.3 is 0 Å². The van der Waals surface area contributed by atoms with Gasteiger partial charge in [0.2, 0.25) is 0 Å². The summed E-state index contributed by atoms with van der Waals surface area (Å²) in [6.45, 7) is 11.5. The molecule has 0 aliphatic heterocycles. The molecule has 2 rings (SSSR count). The Morgan fingerprint density at radius 2 is 1.73 bits per heavy atom. The summed E-state index contributed by atoms with van der Waals surface area (Å²) in [5.74, 6) is 0. The number of para-hydroxylation sites is 1. The van der Waals surface area contributed by atoms with Crippen molar-refractivity contribution in [3.05, 3.63) is 48.7 Å². The van der Waals surface area contributed by atoms with Gasteiger partial charge < -0.3 is 4.98 Å². The number of benzene rings is 1. The lowest BCUT2D eigenvalue weighted by molar-refractivity contribution is 1.43. The highest BCUT2D eigenvalue weighted by Crippen LogP contribution is 2.23. The quantitative estimate of drug-likeness (QED) is 0.734. The Bertz CT molecular complexity index is 463. The van der Waals surface area contributed by atoms with Crippen LogP contribution in [0, 0.1) is 0 Å². The molecule has 0 spiro atoms. The molecule has 0 aliphatic carbocycles. The van der Waals surface area contributed by atoms with E-state index in [0.717, 1.165) is 16.8 Å². The number of aromatic nitrogens is 1. The van der Waals surface area contributed by atoms with E-state index in [1.807, 2.05) is 38.1 Å². The number of rotatable bonds is 2. The van der Waals surface area contributed by atoms with Crippen LogP contribution in [0.3, 0.4) is 0 Å². The van der Waals surface area contributed by atoms with Crippen molar-refractivity contribution >= 4 is 23.1 Å². The second kappa shape index (κ2) is 5.20. The average molecular weight is 199 g/mol. The molecule has 0 bridgehead atoms. The molecule has 0 amide bonds. The predicted molar refractivity (Wildman–Crippen MR) is 69.8 cm³/mol. The van der Waals surface area contributed by atoms with E-state index in [4.69, 9.17) is 0 Å². The zero-order chi connectivity index (χ0) is 11.3. The molecule has 1 heterocycles. The molecular weight excluding hydrogens is 182 g/mol. The summed E-state index contributed by atoms with van der Waals surface area (Å²) >= 11 is 0. The minimum Gasteiger partial charge on any atom is -0.355 e. The second-order valence-corrected chi connectivity index (χ2v) is 2.91. The first-order valence-corrected chi connectivity index (χ1v) is 5.22. The Balaban J connectivity index is 0.000000531. The van der Waals surface area contributed by atoms with Crippen LogP contribution in [0.15, 0.2) is 37.4 Å². The summed E-state index contributed by atoms with van der Waals surface area (Å²) in [5.41, 5.74) is 3.30. The highest BCUT2D eigenvalue weighted by Gasteiger charge is 2.03. The molecule has 0 atom stereocenters. The van der Waals surface area contributed by atoms with Crippen LogP contribution in [0.1, 0.15) is 25.1 Å². The van der Waals surface area contributed by atoms with Gasteiger partial charge in [-0.25, -0.2) is 0 Å². The number of aromatic amines is 1. The van der Waals surface area contributed by atoms with Crippen molar-refractivity contribution in [2.24, 2.45) is 0 Å².